The molecule has 0 atom stereocenters. The third-order valence-electron chi connectivity index (χ3n) is 3.61. The minimum atomic E-state index is -0.506. The zero-order valence-electron chi connectivity index (χ0n) is 14.4. The lowest BCUT2D eigenvalue weighted by molar-refractivity contribution is -0.144. The molecule has 1 amide bonds. The average molecular weight is 370 g/mol. The number of thioether (sulfide) groups is 1. The first-order valence-corrected chi connectivity index (χ1v) is 9.01. The molecule has 0 bridgehead atoms. The van der Waals surface area contributed by atoms with Crippen molar-refractivity contribution >= 4 is 40.4 Å². The molecule has 0 radical (unpaired) electrons. The highest BCUT2D eigenvalue weighted by Gasteiger charge is 2.12. The molecule has 0 aliphatic heterocycles. The number of para-hydroxylation sites is 2. The van der Waals surface area contributed by atoms with Gasteiger partial charge in [0, 0.05) is 5.69 Å². The number of rotatable bonds is 6. The molecule has 134 valence electrons. The van der Waals surface area contributed by atoms with Gasteiger partial charge in [-0.1, -0.05) is 41.6 Å². The Morgan fingerprint density at radius 1 is 1.19 bits per heavy atom. The van der Waals surface area contributed by atoms with Gasteiger partial charge in [0.2, 0.25) is 0 Å². The van der Waals surface area contributed by atoms with Crippen molar-refractivity contribution in [3.8, 4) is 0 Å². The maximum atomic E-state index is 11.9. The SMILES string of the molecule is Cc1ccc(NC(=O)COC(=O)CSc2nc3ccccc3o2)c(C)c1. The predicted octanol–water partition coefficient (Wildman–Crippen LogP) is 3.72. The van der Waals surface area contributed by atoms with Gasteiger partial charge in [-0.05, 0) is 37.6 Å². The number of benzene rings is 2. The van der Waals surface area contributed by atoms with Crippen LogP contribution in [-0.4, -0.2) is 29.2 Å². The van der Waals surface area contributed by atoms with Crippen molar-refractivity contribution in [3.63, 3.8) is 0 Å². The van der Waals surface area contributed by atoms with Crippen LogP contribution in [0.2, 0.25) is 0 Å². The lowest BCUT2D eigenvalue weighted by Crippen LogP contribution is -2.22. The molecule has 6 nitrogen and oxygen atoms in total. The molecule has 0 aliphatic carbocycles. The van der Waals surface area contributed by atoms with Crippen molar-refractivity contribution in [3.05, 3.63) is 53.6 Å². The molecule has 1 aromatic heterocycles. The van der Waals surface area contributed by atoms with E-state index >= 15 is 0 Å². The van der Waals surface area contributed by atoms with Gasteiger partial charge in [-0.25, -0.2) is 4.98 Å². The number of ether oxygens (including phenoxy) is 1. The van der Waals surface area contributed by atoms with Gasteiger partial charge >= 0.3 is 5.97 Å². The Kier molecular flexibility index (Phi) is 5.58. The average Bonchev–Trinajstić information content (AvgIpc) is 3.03. The molecule has 0 saturated carbocycles. The van der Waals surface area contributed by atoms with Crippen molar-refractivity contribution in [2.75, 3.05) is 17.7 Å². The third-order valence-corrected chi connectivity index (χ3v) is 4.41. The fourth-order valence-corrected chi connectivity index (χ4v) is 3.00. The Balaban J connectivity index is 1.45. The van der Waals surface area contributed by atoms with Crippen molar-refractivity contribution in [2.24, 2.45) is 0 Å². The number of nitrogens with zero attached hydrogens (tertiary/aromatic N) is 1. The molecule has 0 saturated heterocycles. The molecule has 0 fully saturated rings. The number of aromatic nitrogens is 1. The molecule has 1 N–H and O–H groups in total. The van der Waals surface area contributed by atoms with E-state index in [2.05, 4.69) is 10.3 Å². The first-order chi connectivity index (χ1) is 12.5. The number of carbonyl (C=O) groups excluding carboxylic acids is 2. The minimum Gasteiger partial charge on any atom is -0.455 e. The van der Waals surface area contributed by atoms with Crippen LogP contribution in [0.1, 0.15) is 11.1 Å². The quantitative estimate of drug-likeness (QED) is 0.526. The largest absolute Gasteiger partial charge is 0.455 e. The monoisotopic (exact) mass is 370 g/mol. The summed E-state index contributed by atoms with van der Waals surface area (Å²) >= 11 is 1.13. The summed E-state index contributed by atoms with van der Waals surface area (Å²) in [5.41, 5.74) is 4.17. The van der Waals surface area contributed by atoms with Gasteiger partial charge in [0.05, 0.1) is 0 Å². The van der Waals surface area contributed by atoms with Crippen molar-refractivity contribution in [1.29, 1.82) is 0 Å². The Morgan fingerprint density at radius 2 is 2.00 bits per heavy atom. The molecule has 0 spiro atoms. The highest BCUT2D eigenvalue weighted by Crippen LogP contribution is 2.23. The topological polar surface area (TPSA) is 81.4 Å². The van der Waals surface area contributed by atoms with Gasteiger partial charge in [0.1, 0.15) is 11.3 Å². The normalized spacial score (nSPS) is 10.7. The van der Waals surface area contributed by atoms with E-state index < -0.39 is 5.97 Å². The maximum absolute atomic E-state index is 11.9. The van der Waals surface area contributed by atoms with E-state index in [1.54, 1.807) is 0 Å². The highest BCUT2D eigenvalue weighted by molar-refractivity contribution is 7.99. The summed E-state index contributed by atoms with van der Waals surface area (Å²) in [6, 6.07) is 13.1. The Morgan fingerprint density at radius 3 is 2.77 bits per heavy atom. The first kappa shape index (κ1) is 18.0. The molecular weight excluding hydrogens is 352 g/mol. The fraction of sp³-hybridized carbons (Fsp3) is 0.211. The smallest absolute Gasteiger partial charge is 0.316 e. The number of nitrogens with one attached hydrogen (secondary N) is 1. The van der Waals surface area contributed by atoms with Crippen LogP contribution in [0, 0.1) is 13.8 Å². The number of hydrogen-bond donors (Lipinski definition) is 1. The van der Waals surface area contributed by atoms with Crippen LogP contribution in [0.4, 0.5) is 5.69 Å². The van der Waals surface area contributed by atoms with Crippen molar-refractivity contribution in [1.82, 2.24) is 4.98 Å². The highest BCUT2D eigenvalue weighted by atomic mass is 32.2. The van der Waals surface area contributed by atoms with Crippen LogP contribution >= 0.6 is 11.8 Å². The van der Waals surface area contributed by atoms with E-state index in [0.29, 0.717) is 16.5 Å². The second kappa shape index (κ2) is 8.05. The van der Waals surface area contributed by atoms with E-state index in [0.717, 1.165) is 28.4 Å². The van der Waals surface area contributed by atoms with Crippen LogP contribution in [-0.2, 0) is 14.3 Å². The Hall–Kier alpha value is -2.80. The second-order valence-corrected chi connectivity index (χ2v) is 6.69. The molecular formula is C19H18N2O4S. The van der Waals surface area contributed by atoms with Crippen molar-refractivity contribution < 1.29 is 18.7 Å². The lowest BCUT2D eigenvalue weighted by Gasteiger charge is -2.09. The summed E-state index contributed by atoms with van der Waals surface area (Å²) in [7, 11) is 0. The number of oxazole rings is 1. The number of anilines is 1. The number of carbonyl (C=O) groups is 2. The number of fused-ring (bicyclic) bond motifs is 1. The molecule has 3 aromatic rings. The van der Waals surface area contributed by atoms with Gasteiger partial charge in [-0.2, -0.15) is 0 Å². The van der Waals surface area contributed by atoms with Gasteiger partial charge in [0.15, 0.2) is 12.2 Å². The lowest BCUT2D eigenvalue weighted by atomic mass is 10.1. The van der Waals surface area contributed by atoms with Crippen LogP contribution in [0.5, 0.6) is 0 Å². The van der Waals surface area contributed by atoms with Crippen LogP contribution in [0.3, 0.4) is 0 Å². The van der Waals surface area contributed by atoms with Gasteiger partial charge < -0.3 is 14.5 Å². The zero-order chi connectivity index (χ0) is 18.5. The van der Waals surface area contributed by atoms with Gasteiger partial charge in [0.25, 0.3) is 11.1 Å². The summed E-state index contributed by atoms with van der Waals surface area (Å²) in [5.74, 6) is -0.867. The molecule has 1 heterocycles. The molecule has 3 rings (SSSR count). The zero-order valence-corrected chi connectivity index (χ0v) is 15.3. The van der Waals surface area contributed by atoms with Crippen LogP contribution in [0.25, 0.3) is 11.1 Å². The molecule has 7 heteroatoms. The standard InChI is InChI=1S/C19H18N2O4S/c1-12-7-8-14(13(2)9-12)20-17(22)10-24-18(23)11-26-19-21-15-5-3-4-6-16(15)25-19/h3-9H,10-11H2,1-2H3,(H,20,22). The van der Waals surface area contributed by atoms with E-state index in [1.165, 1.54) is 0 Å². The third kappa shape index (κ3) is 4.64. The number of hydrogen-bond acceptors (Lipinski definition) is 6. The maximum Gasteiger partial charge on any atom is 0.316 e. The first-order valence-electron chi connectivity index (χ1n) is 8.02. The van der Waals surface area contributed by atoms with E-state index in [-0.39, 0.29) is 18.3 Å². The summed E-state index contributed by atoms with van der Waals surface area (Å²) < 4.78 is 10.5. The van der Waals surface area contributed by atoms with E-state index in [4.69, 9.17) is 9.15 Å². The van der Waals surface area contributed by atoms with E-state index in [9.17, 15) is 9.59 Å². The van der Waals surface area contributed by atoms with Gasteiger partial charge in [-0.3, -0.25) is 9.59 Å². The number of esters is 1. The number of aryl methyl sites for hydroxylation is 2. The van der Waals surface area contributed by atoms with Crippen molar-refractivity contribution in [2.45, 2.75) is 19.1 Å². The summed E-state index contributed by atoms with van der Waals surface area (Å²) in [6.45, 7) is 3.56. The Labute approximate surface area is 154 Å². The number of amides is 1. The van der Waals surface area contributed by atoms with Gasteiger partial charge in [-0.15, -0.1) is 0 Å². The summed E-state index contributed by atoms with van der Waals surface area (Å²) in [4.78, 5) is 28.0. The van der Waals surface area contributed by atoms with Crippen LogP contribution in [0.15, 0.2) is 52.1 Å². The Bertz CT molecular complexity index is 919. The summed E-state index contributed by atoms with van der Waals surface area (Å²) in [6.07, 6.45) is 0. The fourth-order valence-electron chi connectivity index (χ4n) is 2.36. The molecule has 2 aromatic carbocycles. The molecule has 0 aliphatic rings. The second-order valence-electron chi connectivity index (χ2n) is 5.76. The summed E-state index contributed by atoms with van der Waals surface area (Å²) in [5, 5.41) is 3.12. The van der Waals surface area contributed by atoms with Crippen LogP contribution < -0.4 is 5.32 Å². The molecule has 26 heavy (non-hydrogen) atoms. The minimum absolute atomic E-state index is 0.0175. The van der Waals surface area contributed by atoms with E-state index in [1.807, 2.05) is 56.3 Å². The predicted molar refractivity (Wildman–Crippen MR) is 100 cm³/mol. The molecule has 0 unspecified atom stereocenters.